The van der Waals surface area contributed by atoms with Crippen LogP contribution in [0.15, 0.2) is 52.9 Å². The lowest BCUT2D eigenvalue weighted by Crippen LogP contribution is -2.05. The number of hydrogen-bond donors (Lipinski definition) is 0. The van der Waals surface area contributed by atoms with Crippen molar-refractivity contribution in [3.8, 4) is 0 Å². The molecule has 3 rings (SSSR count). The van der Waals surface area contributed by atoms with E-state index < -0.39 is 9.84 Å². The molecule has 1 heterocycles. The summed E-state index contributed by atoms with van der Waals surface area (Å²) in [5, 5.41) is 0. The second-order valence-corrected chi connectivity index (χ2v) is 8.65. The van der Waals surface area contributed by atoms with Crippen LogP contribution in [0.4, 0.5) is 0 Å². The molecule has 102 valence electrons. The summed E-state index contributed by atoms with van der Waals surface area (Å²) in [7, 11) is -3.40. The lowest BCUT2D eigenvalue weighted by molar-refractivity contribution is 0.594. The number of sulfone groups is 1. The van der Waals surface area contributed by atoms with E-state index in [0.717, 1.165) is 19.4 Å². The van der Waals surface area contributed by atoms with Crippen molar-refractivity contribution in [2.24, 2.45) is 0 Å². The number of hydrogen-bond acceptors (Lipinski definition) is 4. The Morgan fingerprint density at radius 2 is 1.75 bits per heavy atom. The highest BCUT2D eigenvalue weighted by Gasteiger charge is 2.21. The van der Waals surface area contributed by atoms with Crippen LogP contribution in [0.5, 0.6) is 0 Å². The molecule has 0 saturated carbocycles. The molecule has 0 saturated heterocycles. The van der Waals surface area contributed by atoms with Crippen molar-refractivity contribution in [1.82, 2.24) is 4.98 Å². The zero-order chi connectivity index (χ0) is 14.2. The molecular weight excluding hydrogens is 405 g/mol. The van der Waals surface area contributed by atoms with Crippen LogP contribution in [-0.4, -0.2) is 13.4 Å². The van der Waals surface area contributed by atoms with Gasteiger partial charge in [-0.1, -0.05) is 30.3 Å². The Morgan fingerprint density at radius 1 is 1.05 bits per heavy atom. The minimum atomic E-state index is -3.40. The van der Waals surface area contributed by atoms with Crippen LogP contribution in [0.25, 0.3) is 10.2 Å². The summed E-state index contributed by atoms with van der Waals surface area (Å²) in [5.41, 5.74) is 1.55. The first-order chi connectivity index (χ1) is 9.56. The molecule has 0 aliphatic heterocycles. The van der Waals surface area contributed by atoms with E-state index in [4.69, 9.17) is 0 Å². The van der Waals surface area contributed by atoms with E-state index in [-0.39, 0.29) is 10.1 Å². The summed E-state index contributed by atoms with van der Waals surface area (Å²) in [6.07, 6.45) is 0. The van der Waals surface area contributed by atoms with Crippen LogP contribution in [0.3, 0.4) is 0 Å². The van der Waals surface area contributed by atoms with Gasteiger partial charge in [-0.25, -0.2) is 13.4 Å². The first kappa shape index (κ1) is 14.0. The summed E-state index contributed by atoms with van der Waals surface area (Å²) in [6.45, 7) is 0. The monoisotopic (exact) mass is 415 g/mol. The zero-order valence-electron chi connectivity index (χ0n) is 10.3. The smallest absolute Gasteiger partial charge is 0.210 e. The number of benzene rings is 2. The fraction of sp³-hybridized carbons (Fsp3) is 0.0714. The number of para-hydroxylation sites is 1. The van der Waals surface area contributed by atoms with Crippen LogP contribution < -0.4 is 0 Å². The Balaban J connectivity index is 2.01. The summed E-state index contributed by atoms with van der Waals surface area (Å²) < 4.78 is 27.0. The van der Waals surface area contributed by atoms with E-state index in [1.165, 1.54) is 11.3 Å². The second kappa shape index (κ2) is 5.42. The van der Waals surface area contributed by atoms with Crippen molar-refractivity contribution in [2.45, 2.75) is 10.1 Å². The van der Waals surface area contributed by atoms with Gasteiger partial charge in [0.15, 0.2) is 0 Å². The van der Waals surface area contributed by atoms with Crippen molar-refractivity contribution in [3.05, 3.63) is 57.7 Å². The molecule has 1 aromatic heterocycles. The Kier molecular flexibility index (Phi) is 3.78. The van der Waals surface area contributed by atoms with Crippen molar-refractivity contribution in [1.29, 1.82) is 0 Å². The quantitative estimate of drug-likeness (QED) is 0.611. The van der Waals surface area contributed by atoms with Gasteiger partial charge in [0.1, 0.15) is 0 Å². The standard InChI is InChI=1S/C14H10INO2S2/c15-11-6-2-1-5-10(11)9-20(17,18)14-16-12-7-3-4-8-13(12)19-14/h1-8H,9H2. The number of fused-ring (bicyclic) bond motifs is 1. The van der Waals surface area contributed by atoms with Crippen molar-refractivity contribution >= 4 is 54.0 Å². The highest BCUT2D eigenvalue weighted by molar-refractivity contribution is 14.1. The summed E-state index contributed by atoms with van der Waals surface area (Å²) in [6, 6.07) is 15.0. The molecule has 2 aromatic carbocycles. The molecular formula is C14H10INO2S2. The summed E-state index contributed by atoms with van der Waals surface area (Å²) in [4.78, 5) is 4.24. The Hall–Kier alpha value is -0.990. The second-order valence-electron chi connectivity index (χ2n) is 4.30. The van der Waals surface area contributed by atoms with Crippen molar-refractivity contribution in [3.63, 3.8) is 0 Å². The minimum absolute atomic E-state index is 0.00800. The van der Waals surface area contributed by atoms with Gasteiger partial charge in [0, 0.05) is 3.57 Å². The Bertz CT molecular complexity index is 839. The highest BCUT2D eigenvalue weighted by Crippen LogP contribution is 2.28. The van der Waals surface area contributed by atoms with Crippen LogP contribution in [0, 0.1) is 3.57 Å². The molecule has 0 N–H and O–H groups in total. The summed E-state index contributed by atoms with van der Waals surface area (Å²) >= 11 is 3.38. The molecule has 0 aliphatic carbocycles. The minimum Gasteiger partial charge on any atom is -0.225 e. The van der Waals surface area contributed by atoms with Crippen molar-refractivity contribution in [2.75, 3.05) is 0 Å². The fourth-order valence-corrected chi connectivity index (χ4v) is 5.38. The van der Waals surface area contributed by atoms with Crippen molar-refractivity contribution < 1.29 is 8.42 Å². The Morgan fingerprint density at radius 3 is 2.50 bits per heavy atom. The van der Waals surface area contributed by atoms with E-state index in [9.17, 15) is 8.42 Å². The average Bonchev–Trinajstić information content (AvgIpc) is 2.86. The van der Waals surface area contributed by atoms with E-state index in [1.807, 2.05) is 48.5 Å². The average molecular weight is 415 g/mol. The molecule has 0 fully saturated rings. The van der Waals surface area contributed by atoms with Crippen LogP contribution >= 0.6 is 33.9 Å². The van der Waals surface area contributed by atoms with Gasteiger partial charge in [0.05, 0.1) is 16.0 Å². The topological polar surface area (TPSA) is 47.0 Å². The summed E-state index contributed by atoms with van der Waals surface area (Å²) in [5.74, 6) is -0.00800. The number of thiazole rings is 1. The Labute approximate surface area is 134 Å². The number of halogens is 1. The predicted octanol–water partition coefficient (Wildman–Crippen LogP) is 3.87. The van der Waals surface area contributed by atoms with Gasteiger partial charge in [-0.15, -0.1) is 11.3 Å². The van der Waals surface area contributed by atoms with Gasteiger partial charge in [0.25, 0.3) is 0 Å². The maximum Gasteiger partial charge on any atom is 0.210 e. The predicted molar refractivity (Wildman–Crippen MR) is 89.7 cm³/mol. The first-order valence-electron chi connectivity index (χ1n) is 5.88. The highest BCUT2D eigenvalue weighted by atomic mass is 127. The molecule has 0 aliphatic rings. The lowest BCUT2D eigenvalue weighted by atomic mass is 10.2. The van der Waals surface area contributed by atoms with Gasteiger partial charge < -0.3 is 0 Å². The normalized spacial score (nSPS) is 11.8. The molecule has 3 nitrogen and oxygen atoms in total. The third-order valence-corrected chi connectivity index (χ3v) is 7.05. The molecule has 0 unspecified atom stereocenters. The van der Waals surface area contributed by atoms with Crippen LogP contribution in [0.1, 0.15) is 5.56 Å². The van der Waals surface area contributed by atoms with Gasteiger partial charge in [-0.2, -0.15) is 0 Å². The third-order valence-electron chi connectivity index (χ3n) is 2.84. The number of aromatic nitrogens is 1. The van der Waals surface area contributed by atoms with E-state index >= 15 is 0 Å². The van der Waals surface area contributed by atoms with E-state index in [2.05, 4.69) is 27.6 Å². The molecule has 0 bridgehead atoms. The van der Waals surface area contributed by atoms with E-state index in [0.29, 0.717) is 0 Å². The molecule has 20 heavy (non-hydrogen) atoms. The van der Waals surface area contributed by atoms with Gasteiger partial charge in [0.2, 0.25) is 14.2 Å². The van der Waals surface area contributed by atoms with Crippen LogP contribution in [-0.2, 0) is 15.6 Å². The number of nitrogens with zero attached hydrogens (tertiary/aromatic N) is 1. The first-order valence-corrected chi connectivity index (χ1v) is 9.43. The number of rotatable bonds is 3. The molecule has 0 radical (unpaired) electrons. The zero-order valence-corrected chi connectivity index (χ0v) is 14.1. The molecule has 0 atom stereocenters. The molecule has 6 heteroatoms. The molecule has 3 aromatic rings. The van der Waals surface area contributed by atoms with Gasteiger partial charge in [-0.05, 0) is 46.4 Å². The fourth-order valence-electron chi connectivity index (χ4n) is 1.87. The SMILES string of the molecule is O=S(=O)(Cc1ccccc1I)c1nc2ccccc2s1. The molecule has 0 amide bonds. The molecule has 0 spiro atoms. The maximum absolute atomic E-state index is 12.5. The maximum atomic E-state index is 12.5. The van der Waals surface area contributed by atoms with E-state index in [1.54, 1.807) is 0 Å². The van der Waals surface area contributed by atoms with Gasteiger partial charge >= 0.3 is 0 Å². The lowest BCUT2D eigenvalue weighted by Gasteiger charge is -2.03. The largest absolute Gasteiger partial charge is 0.225 e. The third kappa shape index (κ3) is 2.72. The van der Waals surface area contributed by atoms with Gasteiger partial charge in [-0.3, -0.25) is 0 Å². The van der Waals surface area contributed by atoms with Crippen LogP contribution in [0.2, 0.25) is 0 Å².